The van der Waals surface area contributed by atoms with E-state index >= 15 is 0 Å². The zero-order chi connectivity index (χ0) is 15.0. The predicted octanol–water partition coefficient (Wildman–Crippen LogP) is 2.46. The molecule has 0 spiro atoms. The maximum absolute atomic E-state index is 11.8. The molecule has 1 amide bonds. The molecule has 4 heteroatoms. The fraction of sp³-hybridized carbons (Fsp3) is 0.375. The summed E-state index contributed by atoms with van der Waals surface area (Å²) in [5.74, 6) is -1.24. The zero-order valence-electron chi connectivity index (χ0n) is 11.8. The van der Waals surface area contributed by atoms with E-state index in [1.807, 2.05) is 31.2 Å². The number of benzene rings is 1. The fourth-order valence-electron chi connectivity index (χ4n) is 1.93. The van der Waals surface area contributed by atoms with Gasteiger partial charge in [0, 0.05) is 6.42 Å². The molecule has 4 nitrogen and oxygen atoms in total. The van der Waals surface area contributed by atoms with Crippen molar-refractivity contribution in [3.63, 3.8) is 0 Å². The molecule has 1 atom stereocenters. The fourth-order valence-corrected chi connectivity index (χ4v) is 1.93. The summed E-state index contributed by atoms with van der Waals surface area (Å²) in [5, 5.41) is 11.6. The van der Waals surface area contributed by atoms with Crippen molar-refractivity contribution in [1.82, 2.24) is 5.32 Å². The number of carboxylic acids is 1. The van der Waals surface area contributed by atoms with Crippen molar-refractivity contribution in [3.8, 4) is 0 Å². The Kier molecular flexibility index (Phi) is 6.50. The second kappa shape index (κ2) is 8.15. The van der Waals surface area contributed by atoms with Crippen LogP contribution in [0.25, 0.3) is 0 Å². The molecule has 0 aliphatic carbocycles. The molecular weight excluding hydrogens is 254 g/mol. The van der Waals surface area contributed by atoms with Gasteiger partial charge in [-0.2, -0.15) is 0 Å². The van der Waals surface area contributed by atoms with Gasteiger partial charge >= 0.3 is 5.97 Å². The van der Waals surface area contributed by atoms with Crippen LogP contribution in [-0.2, 0) is 16.0 Å². The largest absolute Gasteiger partial charge is 0.480 e. The molecule has 2 N–H and O–H groups in total. The molecule has 108 valence electrons. The number of aliphatic carboxylic acids is 1. The predicted molar refractivity (Wildman–Crippen MR) is 78.5 cm³/mol. The van der Waals surface area contributed by atoms with E-state index in [1.165, 1.54) is 0 Å². The molecule has 0 saturated heterocycles. The first-order chi connectivity index (χ1) is 9.52. The molecule has 1 aromatic rings. The van der Waals surface area contributed by atoms with E-state index in [9.17, 15) is 9.59 Å². The first-order valence-corrected chi connectivity index (χ1v) is 6.71. The lowest BCUT2D eigenvalue weighted by Gasteiger charge is -2.13. The lowest BCUT2D eigenvalue weighted by atomic mass is 10.1. The van der Waals surface area contributed by atoms with Crippen LogP contribution in [0.15, 0.2) is 36.9 Å². The third-order valence-corrected chi connectivity index (χ3v) is 3.02. The minimum atomic E-state index is -1.00. The third-order valence-electron chi connectivity index (χ3n) is 3.02. The van der Waals surface area contributed by atoms with Crippen LogP contribution in [-0.4, -0.2) is 23.0 Å². The van der Waals surface area contributed by atoms with Crippen LogP contribution in [0.5, 0.6) is 0 Å². The molecule has 1 rings (SSSR count). The summed E-state index contributed by atoms with van der Waals surface area (Å²) in [6, 6.07) is 7.11. The number of rotatable bonds is 8. The number of carboxylic acid groups (broad SMARTS) is 1. The Morgan fingerprint density at radius 2 is 2.20 bits per heavy atom. The quantitative estimate of drug-likeness (QED) is 0.716. The number of carbonyl (C=O) groups excluding carboxylic acids is 1. The van der Waals surface area contributed by atoms with Gasteiger partial charge < -0.3 is 10.4 Å². The smallest absolute Gasteiger partial charge is 0.326 e. The summed E-state index contributed by atoms with van der Waals surface area (Å²) in [7, 11) is 0. The van der Waals surface area contributed by atoms with Crippen LogP contribution in [0.1, 0.15) is 30.4 Å². The van der Waals surface area contributed by atoms with Gasteiger partial charge in [0.15, 0.2) is 0 Å². The van der Waals surface area contributed by atoms with E-state index < -0.39 is 12.0 Å². The van der Waals surface area contributed by atoms with Crippen molar-refractivity contribution < 1.29 is 14.7 Å². The van der Waals surface area contributed by atoms with Gasteiger partial charge in [0.05, 0.1) is 0 Å². The maximum Gasteiger partial charge on any atom is 0.326 e. The van der Waals surface area contributed by atoms with Gasteiger partial charge in [-0.15, -0.1) is 6.58 Å². The van der Waals surface area contributed by atoms with Gasteiger partial charge in [0.25, 0.3) is 0 Å². The number of carbonyl (C=O) groups is 2. The van der Waals surface area contributed by atoms with Crippen LogP contribution in [0.3, 0.4) is 0 Å². The molecule has 0 heterocycles. The number of nitrogens with one attached hydrogen (secondary N) is 1. The minimum Gasteiger partial charge on any atom is -0.480 e. The lowest BCUT2D eigenvalue weighted by molar-refractivity contribution is -0.142. The Morgan fingerprint density at radius 3 is 2.80 bits per heavy atom. The Labute approximate surface area is 119 Å². The van der Waals surface area contributed by atoms with Crippen molar-refractivity contribution in [1.29, 1.82) is 0 Å². The topological polar surface area (TPSA) is 66.4 Å². The average molecular weight is 275 g/mol. The van der Waals surface area contributed by atoms with Crippen molar-refractivity contribution in [2.75, 3.05) is 0 Å². The highest BCUT2D eigenvalue weighted by atomic mass is 16.4. The van der Waals surface area contributed by atoms with Crippen LogP contribution >= 0.6 is 0 Å². The van der Waals surface area contributed by atoms with Crippen molar-refractivity contribution in [3.05, 3.63) is 48.0 Å². The summed E-state index contributed by atoms with van der Waals surface area (Å²) in [6.45, 7) is 5.55. The Bertz CT molecular complexity index is 482. The average Bonchev–Trinajstić information content (AvgIpc) is 2.41. The molecule has 20 heavy (non-hydrogen) atoms. The summed E-state index contributed by atoms with van der Waals surface area (Å²) in [5.41, 5.74) is 2.23. The maximum atomic E-state index is 11.8. The minimum absolute atomic E-state index is 0.233. The van der Waals surface area contributed by atoms with E-state index in [2.05, 4.69) is 11.9 Å². The Morgan fingerprint density at radius 1 is 1.45 bits per heavy atom. The Balaban J connectivity index is 2.45. The van der Waals surface area contributed by atoms with E-state index in [0.29, 0.717) is 25.7 Å². The summed E-state index contributed by atoms with van der Waals surface area (Å²) < 4.78 is 0. The highest BCUT2D eigenvalue weighted by Gasteiger charge is 2.18. The first kappa shape index (κ1) is 16.0. The van der Waals surface area contributed by atoms with Crippen LogP contribution in [0.4, 0.5) is 0 Å². The standard InChI is InChI=1S/C16H21NO3/c1-3-4-8-14(16(19)20)17-15(18)10-9-13-7-5-6-12(2)11-13/h3,5-7,11,14H,1,4,8-10H2,2H3,(H,17,18)(H,19,20). The second-order valence-electron chi connectivity index (χ2n) is 4.81. The molecule has 0 saturated carbocycles. The van der Waals surface area contributed by atoms with Gasteiger partial charge in [-0.1, -0.05) is 35.9 Å². The van der Waals surface area contributed by atoms with Crippen molar-refractivity contribution in [2.45, 2.75) is 38.6 Å². The number of hydrogen-bond acceptors (Lipinski definition) is 2. The molecule has 0 aromatic heterocycles. The van der Waals surface area contributed by atoms with E-state index in [0.717, 1.165) is 11.1 Å². The Hall–Kier alpha value is -2.10. The monoisotopic (exact) mass is 275 g/mol. The normalized spacial score (nSPS) is 11.7. The number of hydrogen-bond donors (Lipinski definition) is 2. The summed E-state index contributed by atoms with van der Waals surface area (Å²) in [6.07, 6.45) is 3.49. The molecule has 0 aliphatic heterocycles. The van der Waals surface area contributed by atoms with Gasteiger partial charge in [0.2, 0.25) is 5.91 Å². The van der Waals surface area contributed by atoms with Crippen LogP contribution < -0.4 is 5.32 Å². The van der Waals surface area contributed by atoms with Crippen LogP contribution in [0, 0.1) is 6.92 Å². The molecule has 0 fully saturated rings. The van der Waals surface area contributed by atoms with E-state index in [-0.39, 0.29) is 5.91 Å². The molecule has 1 aromatic carbocycles. The van der Waals surface area contributed by atoms with Crippen molar-refractivity contribution in [2.24, 2.45) is 0 Å². The SMILES string of the molecule is C=CCCC(NC(=O)CCc1cccc(C)c1)C(=O)O. The molecule has 0 aliphatic rings. The van der Waals surface area contributed by atoms with E-state index in [4.69, 9.17) is 5.11 Å². The highest BCUT2D eigenvalue weighted by molar-refractivity contribution is 5.83. The zero-order valence-corrected chi connectivity index (χ0v) is 11.8. The third kappa shape index (κ3) is 5.69. The molecule has 0 bridgehead atoms. The lowest BCUT2D eigenvalue weighted by Crippen LogP contribution is -2.40. The first-order valence-electron chi connectivity index (χ1n) is 6.71. The number of aryl methyl sites for hydroxylation is 2. The van der Waals surface area contributed by atoms with Crippen LogP contribution in [0.2, 0.25) is 0 Å². The highest BCUT2D eigenvalue weighted by Crippen LogP contribution is 2.07. The summed E-state index contributed by atoms with van der Waals surface area (Å²) >= 11 is 0. The molecular formula is C16H21NO3. The van der Waals surface area contributed by atoms with Gasteiger partial charge in [0.1, 0.15) is 6.04 Å². The molecule has 0 radical (unpaired) electrons. The van der Waals surface area contributed by atoms with E-state index in [1.54, 1.807) is 6.08 Å². The van der Waals surface area contributed by atoms with Gasteiger partial charge in [-0.05, 0) is 31.7 Å². The van der Waals surface area contributed by atoms with Gasteiger partial charge in [-0.3, -0.25) is 4.79 Å². The summed E-state index contributed by atoms with van der Waals surface area (Å²) in [4.78, 5) is 22.8. The molecule has 1 unspecified atom stereocenters. The van der Waals surface area contributed by atoms with Gasteiger partial charge in [-0.25, -0.2) is 4.79 Å². The second-order valence-corrected chi connectivity index (χ2v) is 4.81. The van der Waals surface area contributed by atoms with Crippen molar-refractivity contribution >= 4 is 11.9 Å². The number of amides is 1. The number of allylic oxidation sites excluding steroid dienone is 1.